The van der Waals surface area contributed by atoms with Crippen LogP contribution >= 0.6 is 0 Å². The monoisotopic (exact) mass is 205 g/mol. The minimum absolute atomic E-state index is 0.0736. The number of carbonyl (C=O) groups is 1. The molecule has 0 aliphatic rings. The molecule has 5 heteroatoms. The topological polar surface area (TPSA) is 66.3 Å². The predicted molar refractivity (Wildman–Crippen MR) is 55.7 cm³/mol. The fourth-order valence-corrected chi connectivity index (χ4v) is 1.07. The fraction of sp³-hybridized carbons (Fsp3) is 0.300. The first kappa shape index (κ1) is 11.0. The number of carboxylic acids is 1. The van der Waals surface area contributed by atoms with E-state index in [-0.39, 0.29) is 5.69 Å². The molecule has 0 amide bonds. The first-order valence-electron chi connectivity index (χ1n) is 4.44. The number of hydrogen-bond acceptors (Lipinski definition) is 4. The summed E-state index contributed by atoms with van der Waals surface area (Å²) in [4.78, 5) is 12.3. The molecule has 0 spiro atoms. The van der Waals surface area contributed by atoms with Gasteiger partial charge in [0.25, 0.3) is 0 Å². The van der Waals surface area contributed by atoms with Gasteiger partial charge in [-0.15, -0.1) is 16.6 Å². The smallest absolute Gasteiger partial charge is 0.356 e. The van der Waals surface area contributed by atoms with Gasteiger partial charge in [-0.1, -0.05) is 5.92 Å². The van der Waals surface area contributed by atoms with E-state index < -0.39 is 5.97 Å². The quantitative estimate of drug-likeness (QED) is 0.730. The number of carboxylic acid groups (broad SMARTS) is 1. The minimum atomic E-state index is -1.09. The second kappa shape index (κ2) is 4.96. The highest BCUT2D eigenvalue weighted by atomic mass is 16.4. The van der Waals surface area contributed by atoms with Gasteiger partial charge < -0.3 is 10.0 Å². The van der Waals surface area contributed by atoms with Crippen LogP contribution in [0, 0.1) is 12.3 Å². The molecule has 1 rings (SSSR count). The van der Waals surface area contributed by atoms with Crippen molar-refractivity contribution >= 4 is 11.8 Å². The van der Waals surface area contributed by atoms with Crippen molar-refractivity contribution in [1.29, 1.82) is 0 Å². The maximum Gasteiger partial charge on any atom is 0.356 e. The molecule has 1 N–H and O–H groups in total. The highest BCUT2D eigenvalue weighted by Crippen LogP contribution is 2.08. The van der Waals surface area contributed by atoms with Gasteiger partial charge in [0, 0.05) is 6.54 Å². The molecule has 0 bridgehead atoms. The van der Waals surface area contributed by atoms with E-state index >= 15 is 0 Å². The fourth-order valence-electron chi connectivity index (χ4n) is 1.07. The lowest BCUT2D eigenvalue weighted by Crippen LogP contribution is -2.24. The summed E-state index contributed by atoms with van der Waals surface area (Å²) >= 11 is 0. The van der Waals surface area contributed by atoms with Crippen LogP contribution in [0.5, 0.6) is 0 Å². The van der Waals surface area contributed by atoms with Gasteiger partial charge >= 0.3 is 5.97 Å². The SMILES string of the molecule is C#CCN(CC)c1ccc(C(=O)O)nn1. The third-order valence-corrected chi connectivity index (χ3v) is 1.86. The molecule has 78 valence electrons. The molecule has 0 saturated carbocycles. The van der Waals surface area contributed by atoms with E-state index in [1.807, 2.05) is 11.8 Å². The average molecular weight is 205 g/mol. The average Bonchev–Trinajstić information content (AvgIpc) is 2.26. The summed E-state index contributed by atoms with van der Waals surface area (Å²) in [7, 11) is 0. The molecule has 1 aromatic rings. The van der Waals surface area contributed by atoms with Crippen molar-refractivity contribution in [2.45, 2.75) is 6.92 Å². The Kier molecular flexibility index (Phi) is 3.63. The van der Waals surface area contributed by atoms with Crippen LogP contribution in [0.3, 0.4) is 0 Å². The number of terminal acetylenes is 1. The number of aromatic nitrogens is 2. The Labute approximate surface area is 87.7 Å². The zero-order valence-electron chi connectivity index (χ0n) is 8.34. The maximum atomic E-state index is 10.5. The van der Waals surface area contributed by atoms with Gasteiger partial charge in [-0.2, -0.15) is 0 Å². The van der Waals surface area contributed by atoms with E-state index in [9.17, 15) is 4.79 Å². The number of hydrogen-bond donors (Lipinski definition) is 1. The highest BCUT2D eigenvalue weighted by molar-refractivity contribution is 5.85. The minimum Gasteiger partial charge on any atom is -0.476 e. The molecule has 0 radical (unpaired) electrons. The Bertz CT molecular complexity index is 381. The third kappa shape index (κ3) is 2.68. The van der Waals surface area contributed by atoms with Crippen LogP contribution < -0.4 is 4.90 Å². The number of rotatable bonds is 4. The van der Waals surface area contributed by atoms with Gasteiger partial charge in [0.1, 0.15) is 0 Å². The van der Waals surface area contributed by atoms with Crippen LogP contribution in [0.15, 0.2) is 12.1 Å². The second-order valence-corrected chi connectivity index (χ2v) is 2.80. The molecule has 0 aromatic carbocycles. The lowest BCUT2D eigenvalue weighted by molar-refractivity contribution is 0.0689. The van der Waals surface area contributed by atoms with Crippen molar-refractivity contribution in [2.75, 3.05) is 18.0 Å². The largest absolute Gasteiger partial charge is 0.476 e. The first-order valence-corrected chi connectivity index (χ1v) is 4.44. The zero-order valence-corrected chi connectivity index (χ0v) is 8.34. The van der Waals surface area contributed by atoms with Gasteiger partial charge in [0.15, 0.2) is 11.5 Å². The zero-order chi connectivity index (χ0) is 11.3. The Morgan fingerprint density at radius 2 is 2.33 bits per heavy atom. The molecule has 0 fully saturated rings. The van der Waals surface area contributed by atoms with Crippen LogP contribution in [0.4, 0.5) is 5.82 Å². The summed E-state index contributed by atoms with van der Waals surface area (Å²) in [5.41, 5.74) is -0.0736. The summed E-state index contributed by atoms with van der Waals surface area (Å²) in [6.45, 7) is 3.06. The highest BCUT2D eigenvalue weighted by Gasteiger charge is 2.08. The van der Waals surface area contributed by atoms with Crippen LogP contribution in [0.2, 0.25) is 0 Å². The summed E-state index contributed by atoms with van der Waals surface area (Å²) in [6, 6.07) is 3.00. The molecule has 0 aliphatic carbocycles. The normalized spacial score (nSPS) is 9.33. The Morgan fingerprint density at radius 1 is 1.60 bits per heavy atom. The molecule has 0 saturated heterocycles. The van der Waals surface area contributed by atoms with Crippen LogP contribution in [-0.4, -0.2) is 34.4 Å². The first-order chi connectivity index (χ1) is 7.19. The van der Waals surface area contributed by atoms with Gasteiger partial charge in [0.2, 0.25) is 0 Å². The maximum absolute atomic E-state index is 10.5. The Morgan fingerprint density at radius 3 is 2.73 bits per heavy atom. The van der Waals surface area contributed by atoms with Crippen LogP contribution in [0.25, 0.3) is 0 Å². The number of aromatic carboxylic acids is 1. The summed E-state index contributed by atoms with van der Waals surface area (Å²) < 4.78 is 0. The lowest BCUT2D eigenvalue weighted by atomic mass is 10.3. The van der Waals surface area contributed by atoms with Crippen molar-refractivity contribution in [3.05, 3.63) is 17.8 Å². The molecule has 1 aromatic heterocycles. The standard InChI is InChI=1S/C10H11N3O2/c1-3-7-13(4-2)9-6-5-8(10(14)15)11-12-9/h1,5-6H,4,7H2,2H3,(H,14,15). The summed E-state index contributed by atoms with van der Waals surface area (Å²) in [6.07, 6.45) is 5.19. The van der Waals surface area contributed by atoms with Crippen molar-refractivity contribution < 1.29 is 9.90 Å². The Hall–Kier alpha value is -2.09. The van der Waals surface area contributed by atoms with E-state index in [1.165, 1.54) is 6.07 Å². The van der Waals surface area contributed by atoms with Crippen LogP contribution in [-0.2, 0) is 0 Å². The molecule has 1 heterocycles. The lowest BCUT2D eigenvalue weighted by Gasteiger charge is -2.17. The summed E-state index contributed by atoms with van der Waals surface area (Å²) in [5.74, 6) is 1.99. The number of nitrogens with zero attached hydrogens (tertiary/aromatic N) is 3. The summed E-state index contributed by atoms with van der Waals surface area (Å²) in [5, 5.41) is 16.0. The molecule has 0 unspecified atom stereocenters. The van der Waals surface area contributed by atoms with Gasteiger partial charge in [-0.3, -0.25) is 0 Å². The van der Waals surface area contributed by atoms with Crippen molar-refractivity contribution in [2.24, 2.45) is 0 Å². The molecular weight excluding hydrogens is 194 g/mol. The van der Waals surface area contributed by atoms with E-state index in [0.29, 0.717) is 18.9 Å². The van der Waals surface area contributed by atoms with Crippen molar-refractivity contribution in [3.63, 3.8) is 0 Å². The molecule has 0 atom stereocenters. The van der Waals surface area contributed by atoms with E-state index in [1.54, 1.807) is 6.07 Å². The molecule has 5 nitrogen and oxygen atoms in total. The Balaban J connectivity index is 2.87. The second-order valence-electron chi connectivity index (χ2n) is 2.80. The van der Waals surface area contributed by atoms with E-state index in [0.717, 1.165) is 0 Å². The van der Waals surface area contributed by atoms with Crippen LogP contribution in [0.1, 0.15) is 17.4 Å². The predicted octanol–water partition coefficient (Wildman–Crippen LogP) is 0.634. The van der Waals surface area contributed by atoms with Gasteiger partial charge in [0.05, 0.1) is 6.54 Å². The van der Waals surface area contributed by atoms with Crippen molar-refractivity contribution in [3.8, 4) is 12.3 Å². The van der Waals surface area contributed by atoms with Gasteiger partial charge in [-0.25, -0.2) is 4.79 Å². The molecular formula is C10H11N3O2. The number of anilines is 1. The van der Waals surface area contributed by atoms with Gasteiger partial charge in [-0.05, 0) is 19.1 Å². The van der Waals surface area contributed by atoms with Crippen molar-refractivity contribution in [1.82, 2.24) is 10.2 Å². The van der Waals surface area contributed by atoms with E-state index in [4.69, 9.17) is 11.5 Å². The van der Waals surface area contributed by atoms with E-state index in [2.05, 4.69) is 16.1 Å². The molecule has 15 heavy (non-hydrogen) atoms. The third-order valence-electron chi connectivity index (χ3n) is 1.86. The molecule has 0 aliphatic heterocycles.